The van der Waals surface area contributed by atoms with Crippen molar-refractivity contribution in [2.24, 2.45) is 10.2 Å². The second kappa shape index (κ2) is 4.43. The van der Waals surface area contributed by atoms with E-state index in [1.165, 1.54) is 6.26 Å². The third kappa shape index (κ3) is 3.18. The van der Waals surface area contributed by atoms with Gasteiger partial charge in [0.2, 0.25) is 0 Å². The molecule has 5 heteroatoms. The first-order valence-corrected chi connectivity index (χ1v) is 3.30. The van der Waals surface area contributed by atoms with Gasteiger partial charge < -0.3 is 0 Å². The number of thioether (sulfide) groups is 1. The molecule has 0 saturated heterocycles. The van der Waals surface area contributed by atoms with Crippen molar-refractivity contribution in [1.29, 1.82) is 0 Å². The Kier molecular flexibility index (Phi) is 4.21. The summed E-state index contributed by atoms with van der Waals surface area (Å²) in [4.78, 5) is 0. The molecule has 0 aromatic rings. The van der Waals surface area contributed by atoms with Crippen LogP contribution in [-0.2, 0) is 0 Å². The molecule has 0 heterocycles. The van der Waals surface area contributed by atoms with E-state index in [1.807, 2.05) is 0 Å². The summed E-state index contributed by atoms with van der Waals surface area (Å²) in [6.45, 7) is 2.95. The maximum absolute atomic E-state index is 11.6. The highest BCUT2D eigenvalue weighted by atomic mass is 32.2. The van der Waals surface area contributed by atoms with Gasteiger partial charge in [0.1, 0.15) is 0 Å². The van der Waals surface area contributed by atoms with Crippen LogP contribution in [-0.4, -0.2) is 24.4 Å². The minimum atomic E-state index is -2.54. The lowest BCUT2D eigenvalue weighted by molar-refractivity contribution is 0.229. The van der Waals surface area contributed by atoms with E-state index >= 15 is 0 Å². The van der Waals surface area contributed by atoms with Crippen LogP contribution in [0.5, 0.6) is 0 Å². The summed E-state index contributed by atoms with van der Waals surface area (Å²) in [6.07, 6.45) is -1.03. The van der Waals surface area contributed by atoms with Crippen LogP contribution in [0, 0.1) is 0 Å². The standard InChI is InChI=1S/C4H6F2N2S/c1-7-8-4(9-2)3(5)6/h3H,1H2,2H3/b8-4-. The van der Waals surface area contributed by atoms with Gasteiger partial charge in [-0.3, -0.25) is 0 Å². The predicted molar refractivity (Wildman–Crippen MR) is 36.5 cm³/mol. The zero-order chi connectivity index (χ0) is 7.28. The van der Waals surface area contributed by atoms with Gasteiger partial charge in [0.05, 0.1) is 0 Å². The molecule has 0 rings (SSSR count). The summed E-state index contributed by atoms with van der Waals surface area (Å²) < 4.78 is 23.3. The molecule has 0 amide bonds. The number of hydrogen-bond donors (Lipinski definition) is 0. The van der Waals surface area contributed by atoms with E-state index in [4.69, 9.17) is 0 Å². The van der Waals surface area contributed by atoms with Crippen molar-refractivity contribution in [3.05, 3.63) is 0 Å². The molecule has 0 radical (unpaired) electrons. The van der Waals surface area contributed by atoms with E-state index in [0.29, 0.717) is 0 Å². The molecule has 0 aliphatic carbocycles. The first kappa shape index (κ1) is 8.55. The molecular formula is C4H6F2N2S. The Morgan fingerprint density at radius 3 is 2.33 bits per heavy atom. The van der Waals surface area contributed by atoms with Crippen molar-refractivity contribution >= 4 is 23.5 Å². The van der Waals surface area contributed by atoms with Gasteiger partial charge in [-0.1, -0.05) is 0 Å². The van der Waals surface area contributed by atoms with Gasteiger partial charge in [0, 0.05) is 6.72 Å². The Labute approximate surface area is 56.0 Å². The zero-order valence-corrected chi connectivity index (χ0v) is 5.66. The fourth-order valence-electron chi connectivity index (χ4n) is 0.243. The third-order valence-corrected chi connectivity index (χ3v) is 1.24. The molecular weight excluding hydrogens is 146 g/mol. The fraction of sp³-hybridized carbons (Fsp3) is 0.500. The highest BCUT2D eigenvalue weighted by molar-refractivity contribution is 8.13. The predicted octanol–water partition coefficient (Wildman–Crippen LogP) is 1.63. The molecule has 0 aromatic heterocycles. The molecule has 0 aliphatic heterocycles. The summed E-state index contributed by atoms with van der Waals surface area (Å²) in [5.41, 5.74) is 0. The van der Waals surface area contributed by atoms with Crippen molar-refractivity contribution in [1.82, 2.24) is 0 Å². The number of rotatable bonds is 2. The molecule has 52 valence electrons. The smallest absolute Gasteiger partial charge is 0.203 e. The topological polar surface area (TPSA) is 24.7 Å². The normalized spacial score (nSPS) is 12.2. The van der Waals surface area contributed by atoms with Crippen LogP contribution >= 0.6 is 11.8 Å². The van der Waals surface area contributed by atoms with E-state index in [9.17, 15) is 8.78 Å². The molecule has 0 spiro atoms. The van der Waals surface area contributed by atoms with Crippen molar-refractivity contribution in [3.63, 3.8) is 0 Å². The average Bonchev–Trinajstić information content (AvgIpc) is 1.82. The van der Waals surface area contributed by atoms with Crippen molar-refractivity contribution in [3.8, 4) is 0 Å². The maximum Gasteiger partial charge on any atom is 0.288 e. The summed E-state index contributed by atoms with van der Waals surface area (Å²) in [7, 11) is 0. The number of hydrogen-bond acceptors (Lipinski definition) is 3. The first-order valence-electron chi connectivity index (χ1n) is 2.08. The molecule has 0 fully saturated rings. The number of alkyl halides is 2. The van der Waals surface area contributed by atoms with Gasteiger partial charge in [0.15, 0.2) is 5.04 Å². The van der Waals surface area contributed by atoms with Crippen LogP contribution in [0.3, 0.4) is 0 Å². The fourth-order valence-corrected chi connectivity index (χ4v) is 0.561. The summed E-state index contributed by atoms with van der Waals surface area (Å²) in [5, 5.41) is 5.75. The Balaban J connectivity index is 3.96. The lowest BCUT2D eigenvalue weighted by Crippen LogP contribution is -2.03. The highest BCUT2D eigenvalue weighted by Crippen LogP contribution is 2.07. The lowest BCUT2D eigenvalue weighted by Gasteiger charge is -1.95. The minimum Gasteiger partial charge on any atom is -0.203 e. The quantitative estimate of drug-likeness (QED) is 0.335. The highest BCUT2D eigenvalue weighted by Gasteiger charge is 2.10. The van der Waals surface area contributed by atoms with Crippen molar-refractivity contribution in [2.75, 3.05) is 6.26 Å². The summed E-state index contributed by atoms with van der Waals surface area (Å²) in [6, 6.07) is 0. The van der Waals surface area contributed by atoms with Crippen molar-refractivity contribution in [2.45, 2.75) is 6.43 Å². The zero-order valence-electron chi connectivity index (χ0n) is 4.84. The molecule has 0 aromatic carbocycles. The second-order valence-corrected chi connectivity index (χ2v) is 1.91. The van der Waals surface area contributed by atoms with E-state index in [-0.39, 0.29) is 5.04 Å². The average molecular weight is 152 g/mol. The largest absolute Gasteiger partial charge is 0.288 e. The third-order valence-electron chi connectivity index (χ3n) is 0.565. The summed E-state index contributed by atoms with van der Waals surface area (Å²) in [5.74, 6) is 0. The van der Waals surface area contributed by atoms with Crippen LogP contribution in [0.15, 0.2) is 10.2 Å². The van der Waals surface area contributed by atoms with Crippen LogP contribution < -0.4 is 0 Å². The van der Waals surface area contributed by atoms with E-state index in [2.05, 4.69) is 16.9 Å². The Morgan fingerprint density at radius 2 is 2.22 bits per heavy atom. The Bertz CT molecular complexity index is 124. The van der Waals surface area contributed by atoms with Gasteiger partial charge in [-0.25, -0.2) is 8.78 Å². The number of nitrogens with zero attached hydrogens (tertiary/aromatic N) is 2. The van der Waals surface area contributed by atoms with Crippen LogP contribution in [0.25, 0.3) is 0 Å². The van der Waals surface area contributed by atoms with E-state index < -0.39 is 6.43 Å². The molecule has 9 heavy (non-hydrogen) atoms. The van der Waals surface area contributed by atoms with E-state index in [1.54, 1.807) is 0 Å². The molecule has 0 saturated carbocycles. The van der Waals surface area contributed by atoms with Crippen LogP contribution in [0.1, 0.15) is 0 Å². The monoisotopic (exact) mass is 152 g/mol. The van der Waals surface area contributed by atoms with Crippen molar-refractivity contribution < 1.29 is 8.78 Å². The van der Waals surface area contributed by atoms with Gasteiger partial charge in [0.25, 0.3) is 6.43 Å². The van der Waals surface area contributed by atoms with Gasteiger partial charge in [-0.2, -0.15) is 5.10 Å². The Morgan fingerprint density at radius 1 is 1.67 bits per heavy atom. The second-order valence-electron chi connectivity index (χ2n) is 1.08. The summed E-state index contributed by atoms with van der Waals surface area (Å²) >= 11 is 0.869. The van der Waals surface area contributed by atoms with Gasteiger partial charge >= 0.3 is 0 Å². The molecule has 0 aliphatic rings. The first-order chi connectivity index (χ1) is 4.22. The van der Waals surface area contributed by atoms with Gasteiger partial charge in [-0.15, -0.1) is 16.9 Å². The molecule has 2 nitrogen and oxygen atoms in total. The Hall–Kier alpha value is -0.450. The molecule has 0 unspecified atom stereocenters. The molecule has 0 bridgehead atoms. The lowest BCUT2D eigenvalue weighted by atomic mass is 10.8. The van der Waals surface area contributed by atoms with Crippen LogP contribution in [0.2, 0.25) is 0 Å². The SMILES string of the molecule is C=N/N=C(\SC)C(F)F. The van der Waals surface area contributed by atoms with E-state index in [0.717, 1.165) is 11.8 Å². The molecule has 0 N–H and O–H groups in total. The molecule has 0 atom stereocenters. The minimum absolute atomic E-state index is 0.301. The maximum atomic E-state index is 11.6. The van der Waals surface area contributed by atoms with Crippen LogP contribution in [0.4, 0.5) is 8.78 Å². The van der Waals surface area contributed by atoms with Gasteiger partial charge in [-0.05, 0) is 6.26 Å². The number of halogens is 2.